The zero-order valence-electron chi connectivity index (χ0n) is 11.3. The van der Waals surface area contributed by atoms with Crippen molar-refractivity contribution in [2.75, 3.05) is 5.43 Å². The largest absolute Gasteiger partial charge is 0.354 e. The van der Waals surface area contributed by atoms with Crippen LogP contribution in [0.5, 0.6) is 0 Å². The van der Waals surface area contributed by atoms with E-state index in [0.29, 0.717) is 17.4 Å². The number of aromatic amines is 1. The van der Waals surface area contributed by atoms with Gasteiger partial charge in [-0.2, -0.15) is 9.77 Å². The van der Waals surface area contributed by atoms with Crippen LogP contribution in [0.25, 0.3) is 0 Å². The molecular formula is C13H12N6OS2. The number of nitrogens with one attached hydrogen (secondary N) is 3. The quantitative estimate of drug-likeness (QED) is 0.718. The molecular weight excluding hydrogens is 320 g/mol. The summed E-state index contributed by atoms with van der Waals surface area (Å²) in [7, 11) is 0. The van der Waals surface area contributed by atoms with E-state index in [4.69, 9.17) is 24.4 Å². The van der Waals surface area contributed by atoms with Crippen LogP contribution in [0.1, 0.15) is 18.0 Å². The Hall–Kier alpha value is -2.39. The Morgan fingerprint density at radius 3 is 2.77 bits per heavy atom. The first-order chi connectivity index (χ1) is 10.6. The third-order valence-corrected chi connectivity index (χ3v) is 3.62. The number of aromatic nitrogens is 3. The van der Waals surface area contributed by atoms with Crippen molar-refractivity contribution in [3.63, 3.8) is 0 Å². The summed E-state index contributed by atoms with van der Waals surface area (Å²) < 4.78 is 1.34. The van der Waals surface area contributed by atoms with Crippen molar-refractivity contribution >= 4 is 35.4 Å². The molecule has 2 heterocycles. The van der Waals surface area contributed by atoms with E-state index in [0.717, 1.165) is 11.8 Å². The van der Waals surface area contributed by atoms with Gasteiger partial charge >= 0.3 is 0 Å². The summed E-state index contributed by atoms with van der Waals surface area (Å²) in [4.78, 5) is 16.0. The number of nitrogens with zero attached hydrogens (tertiary/aromatic N) is 3. The lowest BCUT2D eigenvalue weighted by molar-refractivity contribution is 0.655. The molecule has 0 saturated heterocycles. The fourth-order valence-corrected chi connectivity index (χ4v) is 2.58. The van der Waals surface area contributed by atoms with Gasteiger partial charge in [0.05, 0.1) is 6.04 Å². The first-order valence-corrected chi connectivity index (χ1v) is 7.32. The average molecular weight is 332 g/mol. The normalized spacial score (nSPS) is 17.5. The molecule has 0 bridgehead atoms. The Morgan fingerprint density at radius 1 is 1.27 bits per heavy atom. The number of aliphatic imine (C=N–C) groups is 1. The third-order valence-electron chi connectivity index (χ3n) is 3.13. The minimum atomic E-state index is -0.368. The summed E-state index contributed by atoms with van der Waals surface area (Å²) in [6.07, 6.45) is 1.69. The molecule has 2 aromatic rings. The third kappa shape index (κ3) is 3.10. The molecule has 1 aromatic heterocycles. The topological polar surface area (TPSA) is 87.1 Å². The van der Waals surface area contributed by atoms with Crippen LogP contribution >= 0.6 is 24.4 Å². The van der Waals surface area contributed by atoms with E-state index >= 15 is 0 Å². The number of hydrogen-bond donors (Lipinski definition) is 3. The summed E-state index contributed by atoms with van der Waals surface area (Å²) in [5.74, 6) is 0.561. The van der Waals surface area contributed by atoms with E-state index in [9.17, 15) is 4.79 Å². The lowest BCUT2D eigenvalue weighted by atomic mass is 10.0. The van der Waals surface area contributed by atoms with Gasteiger partial charge in [-0.05, 0) is 30.0 Å². The summed E-state index contributed by atoms with van der Waals surface area (Å²) in [5.41, 5.74) is 3.62. The van der Waals surface area contributed by atoms with Gasteiger partial charge < -0.3 is 5.32 Å². The van der Waals surface area contributed by atoms with Crippen LogP contribution in [-0.2, 0) is 0 Å². The summed E-state index contributed by atoms with van der Waals surface area (Å²) in [6, 6.07) is 9.88. The molecule has 9 heteroatoms. The SMILES string of the molecule is O=c1cn[nH]c(=S)n1NC1=NC(=S)NC(c2ccccc2)C1. The van der Waals surface area contributed by atoms with Gasteiger partial charge in [0.1, 0.15) is 12.0 Å². The maximum absolute atomic E-state index is 11.8. The Kier molecular flexibility index (Phi) is 4.07. The van der Waals surface area contributed by atoms with Crippen LogP contribution in [0.2, 0.25) is 0 Å². The van der Waals surface area contributed by atoms with Crippen LogP contribution < -0.4 is 16.3 Å². The molecule has 0 saturated carbocycles. The summed E-state index contributed by atoms with van der Waals surface area (Å²) in [5, 5.41) is 9.69. The van der Waals surface area contributed by atoms with Crippen molar-refractivity contribution in [3.8, 4) is 0 Å². The van der Waals surface area contributed by atoms with Gasteiger partial charge in [0.15, 0.2) is 5.11 Å². The number of H-pyrrole nitrogens is 1. The minimum absolute atomic E-state index is 0.0104. The van der Waals surface area contributed by atoms with Crippen molar-refractivity contribution in [1.29, 1.82) is 0 Å². The molecule has 22 heavy (non-hydrogen) atoms. The molecule has 1 aliphatic heterocycles. The van der Waals surface area contributed by atoms with Crippen LogP contribution in [0.3, 0.4) is 0 Å². The Morgan fingerprint density at radius 2 is 2.05 bits per heavy atom. The maximum Gasteiger partial charge on any atom is 0.292 e. The predicted octanol–water partition coefficient (Wildman–Crippen LogP) is 1.26. The van der Waals surface area contributed by atoms with Crippen LogP contribution in [0.15, 0.2) is 46.3 Å². The van der Waals surface area contributed by atoms with Gasteiger partial charge in [-0.15, -0.1) is 0 Å². The van der Waals surface area contributed by atoms with Crippen molar-refractivity contribution in [2.24, 2.45) is 4.99 Å². The number of hydrogen-bond acceptors (Lipinski definition) is 5. The fourth-order valence-electron chi connectivity index (χ4n) is 2.14. The smallest absolute Gasteiger partial charge is 0.292 e. The van der Waals surface area contributed by atoms with Gasteiger partial charge in [0, 0.05) is 6.42 Å². The predicted molar refractivity (Wildman–Crippen MR) is 90.0 cm³/mol. The van der Waals surface area contributed by atoms with Crippen LogP contribution in [0.4, 0.5) is 0 Å². The highest BCUT2D eigenvalue weighted by Crippen LogP contribution is 2.19. The van der Waals surface area contributed by atoms with Crippen molar-refractivity contribution in [2.45, 2.75) is 12.5 Å². The van der Waals surface area contributed by atoms with Crippen molar-refractivity contribution < 1.29 is 0 Å². The first-order valence-electron chi connectivity index (χ1n) is 6.50. The van der Waals surface area contributed by atoms with Gasteiger partial charge in [0.2, 0.25) is 4.77 Å². The number of rotatable bonds is 2. The lowest BCUT2D eigenvalue weighted by Crippen LogP contribution is -2.41. The van der Waals surface area contributed by atoms with E-state index in [1.54, 1.807) is 0 Å². The van der Waals surface area contributed by atoms with Crippen LogP contribution in [-0.4, -0.2) is 25.8 Å². The molecule has 3 N–H and O–H groups in total. The van der Waals surface area contributed by atoms with E-state index in [1.165, 1.54) is 4.68 Å². The lowest BCUT2D eigenvalue weighted by Gasteiger charge is -2.25. The molecule has 112 valence electrons. The zero-order chi connectivity index (χ0) is 15.5. The molecule has 0 radical (unpaired) electrons. The molecule has 0 spiro atoms. The standard InChI is InChI=1S/C13H12N6OS2/c20-11-7-14-17-13(22)19(11)18-10-6-9(15-12(21)16-10)8-4-2-1-3-5-8/h1-5,7,9H,6H2,(H,17,22)(H2,15,16,18,21). The van der Waals surface area contributed by atoms with Gasteiger partial charge in [0.25, 0.3) is 5.56 Å². The second-order valence-electron chi connectivity index (χ2n) is 4.64. The first kappa shape index (κ1) is 14.5. The highest BCUT2D eigenvalue weighted by atomic mass is 32.1. The van der Waals surface area contributed by atoms with E-state index in [1.807, 2.05) is 30.3 Å². The monoisotopic (exact) mass is 332 g/mol. The maximum atomic E-state index is 11.8. The molecule has 3 rings (SSSR count). The van der Waals surface area contributed by atoms with Gasteiger partial charge in [-0.1, -0.05) is 30.3 Å². The molecule has 0 fully saturated rings. The van der Waals surface area contributed by atoms with Crippen molar-refractivity contribution in [1.82, 2.24) is 20.2 Å². The summed E-state index contributed by atoms with van der Waals surface area (Å²) >= 11 is 10.2. The Bertz CT molecular complexity index is 813. The van der Waals surface area contributed by atoms with E-state index in [-0.39, 0.29) is 16.4 Å². The average Bonchev–Trinajstić information content (AvgIpc) is 2.51. The van der Waals surface area contributed by atoms with Crippen LogP contribution in [0, 0.1) is 4.77 Å². The fraction of sp³-hybridized carbons (Fsp3) is 0.154. The molecule has 0 amide bonds. The highest BCUT2D eigenvalue weighted by Gasteiger charge is 2.21. The molecule has 0 aliphatic carbocycles. The molecule has 1 aromatic carbocycles. The van der Waals surface area contributed by atoms with E-state index < -0.39 is 0 Å². The highest BCUT2D eigenvalue weighted by molar-refractivity contribution is 7.80. The second-order valence-corrected chi connectivity index (χ2v) is 5.41. The molecule has 1 unspecified atom stereocenters. The zero-order valence-corrected chi connectivity index (χ0v) is 12.9. The minimum Gasteiger partial charge on any atom is -0.354 e. The molecule has 1 aliphatic rings. The van der Waals surface area contributed by atoms with E-state index in [2.05, 4.69) is 25.9 Å². The summed E-state index contributed by atoms with van der Waals surface area (Å²) in [6.45, 7) is 0. The Labute approximate surface area is 136 Å². The number of thiocarbonyl (C=S) groups is 1. The molecule has 1 atom stereocenters. The second kappa shape index (κ2) is 6.16. The van der Waals surface area contributed by atoms with Crippen molar-refractivity contribution in [3.05, 3.63) is 57.2 Å². The molecule has 7 nitrogen and oxygen atoms in total. The number of amidine groups is 1. The Balaban J connectivity index is 1.87. The van der Waals surface area contributed by atoms with Gasteiger partial charge in [-0.25, -0.2) is 4.99 Å². The van der Waals surface area contributed by atoms with Gasteiger partial charge in [-0.3, -0.25) is 15.3 Å². The number of benzene rings is 1.